The largest absolute Gasteiger partial charge is 0.349 e. The van der Waals surface area contributed by atoms with Crippen LogP contribution in [-0.2, 0) is 9.59 Å². The lowest BCUT2D eigenvalue weighted by atomic mass is 10.0. The van der Waals surface area contributed by atoms with Crippen LogP contribution < -0.4 is 10.6 Å². The molecule has 1 aromatic carbocycles. The van der Waals surface area contributed by atoms with Gasteiger partial charge in [-0.15, -0.1) is 0 Å². The average molecular weight is 303 g/mol. The van der Waals surface area contributed by atoms with Gasteiger partial charge in [-0.1, -0.05) is 29.8 Å². The van der Waals surface area contributed by atoms with E-state index in [1.165, 1.54) is 6.92 Å². The van der Waals surface area contributed by atoms with Gasteiger partial charge in [0.25, 0.3) is 0 Å². The van der Waals surface area contributed by atoms with Crippen LogP contribution in [0.15, 0.2) is 24.3 Å². The minimum absolute atomic E-state index is 0.0910. The minimum atomic E-state index is -0.271. The molecule has 5 heteroatoms. The fraction of sp³-hybridized carbons (Fsp3) is 0.529. The van der Waals surface area contributed by atoms with Gasteiger partial charge in [0, 0.05) is 32.6 Å². The van der Waals surface area contributed by atoms with Crippen molar-refractivity contribution in [2.45, 2.75) is 39.3 Å². The van der Waals surface area contributed by atoms with Crippen LogP contribution in [0.4, 0.5) is 0 Å². The molecular formula is C17H25N3O2. The molecule has 0 saturated carbocycles. The van der Waals surface area contributed by atoms with Crippen molar-refractivity contribution in [3.8, 4) is 0 Å². The molecule has 1 aliphatic heterocycles. The number of nitrogens with one attached hydrogen (secondary N) is 2. The van der Waals surface area contributed by atoms with Crippen LogP contribution in [-0.4, -0.2) is 42.4 Å². The molecule has 22 heavy (non-hydrogen) atoms. The molecule has 1 saturated heterocycles. The van der Waals surface area contributed by atoms with Gasteiger partial charge in [0.05, 0.1) is 12.5 Å². The predicted molar refractivity (Wildman–Crippen MR) is 86.4 cm³/mol. The molecule has 1 fully saturated rings. The molecule has 0 radical (unpaired) electrons. The highest BCUT2D eigenvalue weighted by molar-refractivity contribution is 5.79. The fourth-order valence-corrected chi connectivity index (χ4v) is 2.80. The fourth-order valence-electron chi connectivity index (χ4n) is 2.80. The van der Waals surface area contributed by atoms with E-state index in [9.17, 15) is 9.59 Å². The van der Waals surface area contributed by atoms with E-state index in [1.54, 1.807) is 0 Å². The maximum atomic E-state index is 12.6. The van der Waals surface area contributed by atoms with E-state index in [1.807, 2.05) is 43.0 Å². The number of rotatable bonds is 4. The van der Waals surface area contributed by atoms with Gasteiger partial charge in [-0.05, 0) is 19.4 Å². The smallest absolute Gasteiger partial charge is 0.225 e. The van der Waals surface area contributed by atoms with Crippen molar-refractivity contribution in [3.05, 3.63) is 35.4 Å². The highest BCUT2D eigenvalue weighted by atomic mass is 16.2. The lowest BCUT2D eigenvalue weighted by Crippen LogP contribution is -2.52. The Balaban J connectivity index is 2.10. The maximum absolute atomic E-state index is 12.6. The van der Waals surface area contributed by atoms with Gasteiger partial charge in [-0.2, -0.15) is 0 Å². The van der Waals surface area contributed by atoms with Crippen molar-refractivity contribution in [3.63, 3.8) is 0 Å². The van der Waals surface area contributed by atoms with Crippen molar-refractivity contribution in [1.29, 1.82) is 0 Å². The second-order valence-electron chi connectivity index (χ2n) is 6.01. The number of amides is 2. The lowest BCUT2D eigenvalue weighted by molar-refractivity contribution is -0.134. The van der Waals surface area contributed by atoms with Crippen LogP contribution in [0.1, 0.15) is 37.4 Å². The first-order chi connectivity index (χ1) is 10.5. The van der Waals surface area contributed by atoms with E-state index in [0.29, 0.717) is 6.42 Å². The van der Waals surface area contributed by atoms with Crippen LogP contribution >= 0.6 is 0 Å². The summed E-state index contributed by atoms with van der Waals surface area (Å²) in [6.07, 6.45) is 0.299. The van der Waals surface area contributed by atoms with Gasteiger partial charge in [0.1, 0.15) is 0 Å². The Hall–Kier alpha value is -1.88. The number of hydrogen-bond donors (Lipinski definition) is 2. The Morgan fingerprint density at radius 3 is 2.64 bits per heavy atom. The standard InChI is InChI=1S/C17H25N3O2/c1-12-4-6-15(7-5-12)16(19-14(3)21)10-17(22)20-9-8-18-11-13(20)2/h4-7,13,16,18H,8-11H2,1-3H3,(H,19,21). The summed E-state index contributed by atoms with van der Waals surface area (Å²) in [5.41, 5.74) is 2.13. The molecule has 2 rings (SSSR count). The zero-order valence-electron chi connectivity index (χ0n) is 13.6. The van der Waals surface area contributed by atoms with Crippen molar-refractivity contribution < 1.29 is 9.59 Å². The molecule has 1 aliphatic rings. The van der Waals surface area contributed by atoms with Crippen molar-refractivity contribution in [2.24, 2.45) is 0 Å². The van der Waals surface area contributed by atoms with Crippen molar-refractivity contribution in [1.82, 2.24) is 15.5 Å². The Labute approximate surface area is 132 Å². The molecule has 120 valence electrons. The first-order valence-electron chi connectivity index (χ1n) is 7.81. The van der Waals surface area contributed by atoms with Crippen LogP contribution in [0, 0.1) is 6.92 Å². The molecular weight excluding hydrogens is 278 g/mol. The van der Waals surface area contributed by atoms with E-state index in [0.717, 1.165) is 30.8 Å². The minimum Gasteiger partial charge on any atom is -0.349 e. The average Bonchev–Trinajstić information content (AvgIpc) is 2.47. The maximum Gasteiger partial charge on any atom is 0.225 e. The lowest BCUT2D eigenvalue weighted by Gasteiger charge is -2.35. The Morgan fingerprint density at radius 1 is 1.36 bits per heavy atom. The summed E-state index contributed by atoms with van der Waals surface area (Å²) >= 11 is 0. The highest BCUT2D eigenvalue weighted by Crippen LogP contribution is 2.20. The second kappa shape index (κ2) is 7.40. The van der Waals surface area contributed by atoms with Gasteiger partial charge >= 0.3 is 0 Å². The van der Waals surface area contributed by atoms with Gasteiger partial charge < -0.3 is 15.5 Å². The summed E-state index contributed by atoms with van der Waals surface area (Å²) in [5.74, 6) is -0.0277. The second-order valence-corrected chi connectivity index (χ2v) is 6.01. The highest BCUT2D eigenvalue weighted by Gasteiger charge is 2.26. The summed E-state index contributed by atoms with van der Waals surface area (Å²) in [6, 6.07) is 7.88. The molecule has 0 aromatic heterocycles. The predicted octanol–water partition coefficient (Wildman–Crippen LogP) is 1.38. The summed E-state index contributed by atoms with van der Waals surface area (Å²) in [5, 5.41) is 6.18. The summed E-state index contributed by atoms with van der Waals surface area (Å²) in [6.45, 7) is 7.92. The molecule has 0 aliphatic carbocycles. The van der Waals surface area contributed by atoms with Gasteiger partial charge in [0.15, 0.2) is 0 Å². The first-order valence-corrected chi connectivity index (χ1v) is 7.81. The van der Waals surface area contributed by atoms with E-state index in [-0.39, 0.29) is 23.9 Å². The molecule has 1 aromatic rings. The third kappa shape index (κ3) is 4.31. The first kappa shape index (κ1) is 16.5. The number of carbonyl (C=O) groups excluding carboxylic acids is 2. The van der Waals surface area contributed by atoms with E-state index in [2.05, 4.69) is 10.6 Å². The Kier molecular flexibility index (Phi) is 5.55. The third-order valence-corrected chi connectivity index (χ3v) is 4.06. The third-order valence-electron chi connectivity index (χ3n) is 4.06. The molecule has 2 N–H and O–H groups in total. The summed E-state index contributed by atoms with van der Waals surface area (Å²) < 4.78 is 0. The molecule has 0 bridgehead atoms. The Morgan fingerprint density at radius 2 is 2.05 bits per heavy atom. The van der Waals surface area contributed by atoms with Crippen molar-refractivity contribution in [2.75, 3.05) is 19.6 Å². The quantitative estimate of drug-likeness (QED) is 0.883. The van der Waals surface area contributed by atoms with Gasteiger partial charge in [-0.25, -0.2) is 0 Å². The SMILES string of the molecule is CC(=O)NC(CC(=O)N1CCNCC1C)c1ccc(C)cc1. The number of nitrogens with zero attached hydrogens (tertiary/aromatic N) is 1. The molecule has 2 amide bonds. The zero-order chi connectivity index (χ0) is 16.1. The number of hydrogen-bond acceptors (Lipinski definition) is 3. The van der Waals surface area contributed by atoms with Crippen LogP contribution in [0.5, 0.6) is 0 Å². The zero-order valence-corrected chi connectivity index (χ0v) is 13.6. The summed E-state index contributed by atoms with van der Waals surface area (Å²) in [7, 11) is 0. The van der Waals surface area contributed by atoms with Gasteiger partial charge in [-0.3, -0.25) is 9.59 Å². The summed E-state index contributed by atoms with van der Waals surface area (Å²) in [4.78, 5) is 26.0. The van der Waals surface area contributed by atoms with Crippen LogP contribution in [0.25, 0.3) is 0 Å². The number of benzene rings is 1. The van der Waals surface area contributed by atoms with E-state index >= 15 is 0 Å². The van der Waals surface area contributed by atoms with E-state index in [4.69, 9.17) is 0 Å². The normalized spacial score (nSPS) is 19.6. The topological polar surface area (TPSA) is 61.4 Å². The molecule has 1 heterocycles. The Bertz CT molecular complexity index is 527. The van der Waals surface area contributed by atoms with Crippen LogP contribution in [0.2, 0.25) is 0 Å². The van der Waals surface area contributed by atoms with E-state index < -0.39 is 0 Å². The number of aryl methyl sites for hydroxylation is 1. The molecule has 2 unspecified atom stereocenters. The van der Waals surface area contributed by atoms with Gasteiger partial charge in [0.2, 0.25) is 11.8 Å². The van der Waals surface area contributed by atoms with Crippen LogP contribution in [0.3, 0.4) is 0 Å². The number of carbonyl (C=O) groups is 2. The molecule has 2 atom stereocenters. The number of piperazine rings is 1. The molecule has 0 spiro atoms. The monoisotopic (exact) mass is 303 g/mol. The van der Waals surface area contributed by atoms with Crippen molar-refractivity contribution >= 4 is 11.8 Å². The molecule has 5 nitrogen and oxygen atoms in total.